The fourth-order valence-electron chi connectivity index (χ4n) is 3.77. The van der Waals surface area contributed by atoms with Crippen molar-refractivity contribution in [2.75, 3.05) is 19.6 Å². The van der Waals surface area contributed by atoms with Crippen molar-refractivity contribution in [3.05, 3.63) is 24.4 Å². The summed E-state index contributed by atoms with van der Waals surface area (Å²) in [6.45, 7) is 4.70. The Morgan fingerprint density at radius 1 is 1.31 bits per heavy atom. The molecule has 3 aliphatic heterocycles. The van der Waals surface area contributed by atoms with Crippen molar-refractivity contribution in [3.63, 3.8) is 0 Å². The SMILES string of the molecule is CCC1CCCCN1CCCNC(=O)C1C(=O)N=C2C=CC=CN2C1=O. The van der Waals surface area contributed by atoms with Crippen molar-refractivity contribution in [2.24, 2.45) is 10.9 Å². The van der Waals surface area contributed by atoms with Crippen molar-refractivity contribution in [2.45, 2.75) is 45.1 Å². The van der Waals surface area contributed by atoms with E-state index in [0.29, 0.717) is 12.6 Å². The second kappa shape index (κ2) is 8.40. The van der Waals surface area contributed by atoms with E-state index in [4.69, 9.17) is 0 Å². The number of hydrogen-bond acceptors (Lipinski definition) is 4. The zero-order valence-corrected chi connectivity index (χ0v) is 15.2. The summed E-state index contributed by atoms with van der Waals surface area (Å²) in [4.78, 5) is 44.5. The van der Waals surface area contributed by atoms with Gasteiger partial charge in [-0.15, -0.1) is 0 Å². The molecule has 3 heterocycles. The van der Waals surface area contributed by atoms with Crippen LogP contribution in [0.3, 0.4) is 0 Å². The molecular formula is C19H26N4O3. The summed E-state index contributed by atoms with van der Waals surface area (Å²) >= 11 is 0. The third-order valence-corrected chi connectivity index (χ3v) is 5.20. The third-order valence-electron chi connectivity index (χ3n) is 5.20. The average Bonchev–Trinajstić information content (AvgIpc) is 2.65. The number of hydrogen-bond donors (Lipinski definition) is 1. The maximum absolute atomic E-state index is 12.4. The van der Waals surface area contributed by atoms with Crippen LogP contribution in [0.25, 0.3) is 0 Å². The predicted octanol–water partition coefficient (Wildman–Crippen LogP) is 1.22. The van der Waals surface area contributed by atoms with Crippen molar-refractivity contribution in [3.8, 4) is 0 Å². The summed E-state index contributed by atoms with van der Waals surface area (Å²) < 4.78 is 0. The molecule has 0 aliphatic carbocycles. The summed E-state index contributed by atoms with van der Waals surface area (Å²) in [5, 5.41) is 2.74. The minimum Gasteiger partial charge on any atom is -0.355 e. The number of piperidine rings is 1. The minimum absolute atomic E-state index is 0.266. The Morgan fingerprint density at radius 3 is 2.96 bits per heavy atom. The number of likely N-dealkylation sites (tertiary alicyclic amines) is 1. The van der Waals surface area contributed by atoms with Gasteiger partial charge in [-0.25, -0.2) is 0 Å². The number of aliphatic imine (C=N–C) groups is 1. The molecule has 1 saturated heterocycles. The van der Waals surface area contributed by atoms with Crippen LogP contribution in [0.15, 0.2) is 29.4 Å². The Labute approximate surface area is 153 Å². The number of rotatable bonds is 6. The topological polar surface area (TPSA) is 82.1 Å². The molecule has 0 radical (unpaired) electrons. The molecule has 0 saturated carbocycles. The van der Waals surface area contributed by atoms with Crippen LogP contribution in [-0.2, 0) is 14.4 Å². The van der Waals surface area contributed by atoms with Crippen LogP contribution in [0.5, 0.6) is 0 Å². The molecule has 2 unspecified atom stereocenters. The number of fused-ring (bicyclic) bond motifs is 1. The van der Waals surface area contributed by atoms with E-state index in [9.17, 15) is 14.4 Å². The zero-order valence-electron chi connectivity index (χ0n) is 15.2. The molecule has 7 nitrogen and oxygen atoms in total. The van der Waals surface area contributed by atoms with Gasteiger partial charge in [0.2, 0.25) is 5.91 Å². The van der Waals surface area contributed by atoms with Gasteiger partial charge in [-0.05, 0) is 44.4 Å². The van der Waals surface area contributed by atoms with Crippen molar-refractivity contribution in [1.82, 2.24) is 15.1 Å². The lowest BCUT2D eigenvalue weighted by atomic mass is 10.00. The molecule has 3 amide bonds. The van der Waals surface area contributed by atoms with Crippen LogP contribution >= 0.6 is 0 Å². The Bertz CT molecular complexity index is 668. The van der Waals surface area contributed by atoms with E-state index in [1.54, 1.807) is 18.2 Å². The number of nitrogens with zero attached hydrogens (tertiary/aromatic N) is 3. The second-order valence-corrected chi connectivity index (χ2v) is 6.89. The van der Waals surface area contributed by atoms with Crippen molar-refractivity contribution in [1.29, 1.82) is 0 Å². The first-order valence-corrected chi connectivity index (χ1v) is 9.44. The first kappa shape index (κ1) is 18.5. The molecule has 0 aromatic carbocycles. The Morgan fingerprint density at radius 2 is 2.15 bits per heavy atom. The van der Waals surface area contributed by atoms with Crippen LogP contribution in [0, 0.1) is 5.92 Å². The van der Waals surface area contributed by atoms with E-state index >= 15 is 0 Å². The highest BCUT2D eigenvalue weighted by molar-refractivity contribution is 6.27. The molecule has 3 aliphatic rings. The lowest BCUT2D eigenvalue weighted by molar-refractivity contribution is -0.144. The number of nitrogens with one attached hydrogen (secondary N) is 1. The third kappa shape index (κ3) is 3.93. The van der Waals surface area contributed by atoms with E-state index in [1.807, 2.05) is 0 Å². The molecule has 0 spiro atoms. The van der Waals surface area contributed by atoms with Gasteiger partial charge < -0.3 is 10.2 Å². The maximum Gasteiger partial charge on any atom is 0.269 e. The highest BCUT2D eigenvalue weighted by Crippen LogP contribution is 2.20. The minimum atomic E-state index is -1.38. The normalized spacial score (nSPS) is 25.9. The monoisotopic (exact) mass is 358 g/mol. The molecular weight excluding hydrogens is 332 g/mol. The van der Waals surface area contributed by atoms with E-state index < -0.39 is 23.6 Å². The van der Waals surface area contributed by atoms with Gasteiger partial charge >= 0.3 is 0 Å². The molecule has 3 rings (SSSR count). The van der Waals surface area contributed by atoms with Gasteiger partial charge in [-0.1, -0.05) is 19.4 Å². The summed E-state index contributed by atoms with van der Waals surface area (Å²) in [5.41, 5.74) is 0. The fourth-order valence-corrected chi connectivity index (χ4v) is 3.77. The fraction of sp³-hybridized carbons (Fsp3) is 0.579. The van der Waals surface area contributed by atoms with Crippen LogP contribution < -0.4 is 5.32 Å². The number of amidine groups is 1. The Hall–Kier alpha value is -2.28. The van der Waals surface area contributed by atoms with E-state index in [0.717, 1.165) is 25.9 Å². The summed E-state index contributed by atoms with van der Waals surface area (Å²) in [7, 11) is 0. The lowest BCUT2D eigenvalue weighted by Crippen LogP contribution is -2.51. The number of carbonyl (C=O) groups is 3. The quantitative estimate of drug-likeness (QED) is 0.572. The van der Waals surface area contributed by atoms with Gasteiger partial charge in [0.15, 0.2) is 5.92 Å². The Balaban J connectivity index is 1.50. The first-order chi connectivity index (χ1) is 12.6. The maximum atomic E-state index is 12.4. The number of amides is 3. The molecule has 0 aromatic rings. The average molecular weight is 358 g/mol. The molecule has 7 heteroatoms. The largest absolute Gasteiger partial charge is 0.355 e. The first-order valence-electron chi connectivity index (χ1n) is 9.44. The van der Waals surface area contributed by atoms with Gasteiger partial charge in [0.05, 0.1) is 0 Å². The standard InChI is InChI=1S/C19H26N4O3/c1-2-14-8-3-5-11-22(14)12-7-10-20-17(24)16-18(25)21-15-9-4-6-13-23(15)19(16)26/h4,6,9,13-14,16H,2-3,5,7-8,10-12H2,1H3,(H,20,24). The zero-order chi connectivity index (χ0) is 18.5. The highest BCUT2D eigenvalue weighted by atomic mass is 16.2. The Kier molecular flexibility index (Phi) is 5.98. The second-order valence-electron chi connectivity index (χ2n) is 6.89. The number of allylic oxidation sites excluding steroid dienone is 2. The van der Waals surface area contributed by atoms with Crippen LogP contribution in [0.2, 0.25) is 0 Å². The summed E-state index contributed by atoms with van der Waals surface area (Å²) in [5.74, 6) is -2.91. The van der Waals surface area contributed by atoms with Crippen molar-refractivity contribution < 1.29 is 14.4 Å². The highest BCUT2D eigenvalue weighted by Gasteiger charge is 2.41. The van der Waals surface area contributed by atoms with E-state index in [-0.39, 0.29) is 5.84 Å². The molecule has 140 valence electrons. The van der Waals surface area contributed by atoms with Crippen LogP contribution in [0.4, 0.5) is 0 Å². The summed E-state index contributed by atoms with van der Waals surface area (Å²) in [6.07, 6.45) is 12.2. The molecule has 26 heavy (non-hydrogen) atoms. The van der Waals surface area contributed by atoms with Gasteiger partial charge in [0, 0.05) is 25.3 Å². The predicted molar refractivity (Wildman–Crippen MR) is 98.2 cm³/mol. The van der Waals surface area contributed by atoms with Gasteiger partial charge in [-0.3, -0.25) is 19.3 Å². The smallest absolute Gasteiger partial charge is 0.269 e. The van der Waals surface area contributed by atoms with Crippen LogP contribution in [-0.4, -0.2) is 59.0 Å². The van der Waals surface area contributed by atoms with E-state index in [2.05, 4.69) is 22.1 Å². The van der Waals surface area contributed by atoms with Gasteiger partial charge in [-0.2, -0.15) is 4.99 Å². The van der Waals surface area contributed by atoms with Gasteiger partial charge in [0.1, 0.15) is 5.84 Å². The van der Waals surface area contributed by atoms with Crippen LogP contribution in [0.1, 0.15) is 39.0 Å². The molecule has 1 fully saturated rings. The number of carbonyl (C=O) groups excluding carboxylic acids is 3. The van der Waals surface area contributed by atoms with E-state index in [1.165, 1.54) is 30.4 Å². The van der Waals surface area contributed by atoms with Crippen molar-refractivity contribution >= 4 is 23.6 Å². The molecule has 0 aromatic heterocycles. The lowest BCUT2D eigenvalue weighted by Gasteiger charge is -2.35. The van der Waals surface area contributed by atoms with Gasteiger partial charge in [0.25, 0.3) is 11.8 Å². The molecule has 0 bridgehead atoms. The molecule has 1 N–H and O–H groups in total. The molecule has 2 atom stereocenters. The summed E-state index contributed by atoms with van der Waals surface area (Å²) in [6, 6.07) is 0.632.